The molecule has 0 fully saturated rings. The summed E-state index contributed by atoms with van der Waals surface area (Å²) < 4.78 is 126. The summed E-state index contributed by atoms with van der Waals surface area (Å²) in [7, 11) is 0. The van der Waals surface area contributed by atoms with Gasteiger partial charge in [-0.05, 0) is 36.4 Å². The number of hydrogen-bond donors (Lipinski definition) is 2. The van der Waals surface area contributed by atoms with Gasteiger partial charge in [0.1, 0.15) is 17.4 Å². The van der Waals surface area contributed by atoms with Gasteiger partial charge in [0, 0.05) is 25.1 Å². The normalized spacial score (nSPS) is 13.0. The van der Waals surface area contributed by atoms with Crippen LogP contribution >= 0.6 is 0 Å². The van der Waals surface area contributed by atoms with Crippen molar-refractivity contribution in [2.75, 3.05) is 5.32 Å². The summed E-state index contributed by atoms with van der Waals surface area (Å²) in [5.74, 6) is -2.98. The van der Waals surface area contributed by atoms with Gasteiger partial charge in [0.2, 0.25) is 5.89 Å². The average molecular weight is 660 g/mol. The standard InChI is InChI=1S/C26H17F9N8O3/c27-15-7-13-11(6-14(15)20-36-8-12(9-37-20)25(30,31)32)3-5-43(24(13)45)4-1-2-16(22-41-42-23(46-22)19(28)29)39-17-10-38-40-21(44)18(17)26(33,34)35/h3,5-10,16,19H,1-2,4H2,(H2,39,40,44)/t16-/m1/s1. The van der Waals surface area contributed by atoms with Gasteiger partial charge >= 0.3 is 18.8 Å². The number of rotatable bonds is 9. The van der Waals surface area contributed by atoms with Gasteiger partial charge < -0.3 is 14.3 Å². The molecule has 0 aliphatic rings. The van der Waals surface area contributed by atoms with Crippen LogP contribution in [0.5, 0.6) is 0 Å². The molecule has 4 heterocycles. The van der Waals surface area contributed by atoms with Gasteiger partial charge in [-0.2, -0.15) is 40.2 Å². The molecule has 0 aliphatic carbocycles. The van der Waals surface area contributed by atoms with Crippen LogP contribution in [0.1, 0.15) is 48.2 Å². The quantitative estimate of drug-likeness (QED) is 0.191. The Morgan fingerprint density at radius 3 is 2.28 bits per heavy atom. The molecule has 0 bridgehead atoms. The zero-order valence-corrected chi connectivity index (χ0v) is 22.6. The first-order valence-electron chi connectivity index (χ1n) is 12.9. The molecule has 0 unspecified atom stereocenters. The fourth-order valence-electron chi connectivity index (χ4n) is 4.44. The first-order valence-corrected chi connectivity index (χ1v) is 12.9. The molecule has 20 heteroatoms. The minimum absolute atomic E-state index is 0.0204. The van der Waals surface area contributed by atoms with E-state index in [9.17, 15) is 49.1 Å². The molecule has 0 spiro atoms. The monoisotopic (exact) mass is 660 g/mol. The van der Waals surface area contributed by atoms with Crippen molar-refractivity contribution in [1.29, 1.82) is 0 Å². The molecule has 46 heavy (non-hydrogen) atoms. The number of hydrogen-bond acceptors (Lipinski definition) is 9. The molecule has 1 aromatic carbocycles. The summed E-state index contributed by atoms with van der Waals surface area (Å²) in [6.07, 6.45) is -10.3. The van der Waals surface area contributed by atoms with Crippen molar-refractivity contribution in [3.8, 4) is 11.4 Å². The highest BCUT2D eigenvalue weighted by Gasteiger charge is 2.38. The number of halogens is 9. The van der Waals surface area contributed by atoms with E-state index in [1.807, 2.05) is 0 Å². The maximum atomic E-state index is 15.0. The van der Waals surface area contributed by atoms with Gasteiger partial charge in [0.15, 0.2) is 5.82 Å². The first-order chi connectivity index (χ1) is 21.6. The van der Waals surface area contributed by atoms with Crippen LogP contribution in [0, 0.1) is 5.82 Å². The van der Waals surface area contributed by atoms with Crippen molar-refractivity contribution < 1.29 is 43.9 Å². The fourth-order valence-corrected chi connectivity index (χ4v) is 4.44. The molecule has 0 radical (unpaired) electrons. The van der Waals surface area contributed by atoms with Gasteiger partial charge in [-0.1, -0.05) is 0 Å². The molecule has 5 aromatic rings. The van der Waals surface area contributed by atoms with Crippen molar-refractivity contribution in [3.05, 3.63) is 92.4 Å². The van der Waals surface area contributed by atoms with E-state index in [2.05, 4.69) is 30.6 Å². The lowest BCUT2D eigenvalue weighted by molar-refractivity contribution is -0.139. The Kier molecular flexibility index (Phi) is 8.54. The van der Waals surface area contributed by atoms with Crippen molar-refractivity contribution in [3.63, 3.8) is 0 Å². The van der Waals surface area contributed by atoms with Gasteiger partial charge in [-0.15, -0.1) is 10.2 Å². The summed E-state index contributed by atoms with van der Waals surface area (Å²) >= 11 is 0. The number of nitrogens with zero attached hydrogens (tertiary/aromatic N) is 6. The number of anilines is 1. The molecule has 0 saturated carbocycles. The smallest absolute Gasteiger partial charge is 0.417 e. The average Bonchev–Trinajstić information content (AvgIpc) is 3.48. The van der Waals surface area contributed by atoms with Crippen LogP contribution in [0.25, 0.3) is 22.2 Å². The van der Waals surface area contributed by atoms with Crippen LogP contribution in [0.15, 0.2) is 57.0 Å². The van der Waals surface area contributed by atoms with E-state index in [0.29, 0.717) is 18.6 Å². The fraction of sp³-hybridized carbons (Fsp3) is 0.269. The molecule has 1 atom stereocenters. The van der Waals surface area contributed by atoms with Crippen molar-refractivity contribution >= 4 is 16.5 Å². The molecule has 5 rings (SSSR count). The van der Waals surface area contributed by atoms with E-state index in [4.69, 9.17) is 4.42 Å². The second-order valence-corrected chi connectivity index (χ2v) is 9.63. The molecular weight excluding hydrogens is 643 g/mol. The van der Waals surface area contributed by atoms with Crippen LogP contribution in [-0.4, -0.2) is 34.9 Å². The van der Waals surface area contributed by atoms with E-state index < -0.39 is 70.4 Å². The predicted molar refractivity (Wildman–Crippen MR) is 139 cm³/mol. The molecule has 4 aromatic heterocycles. The third-order valence-corrected chi connectivity index (χ3v) is 6.59. The predicted octanol–water partition coefficient (Wildman–Crippen LogP) is 5.67. The molecule has 242 valence electrons. The Labute approximate surface area is 249 Å². The summed E-state index contributed by atoms with van der Waals surface area (Å²) in [6, 6.07) is 2.09. The van der Waals surface area contributed by atoms with E-state index >= 15 is 0 Å². The molecule has 0 saturated heterocycles. The maximum absolute atomic E-state index is 15.0. The third kappa shape index (κ3) is 6.69. The SMILES string of the molecule is O=c1[nH]ncc(N[C@H](CCCn2ccc3cc(-c4ncc(C(F)(F)F)cn4)c(F)cc3c2=O)c2nnc(C(F)F)o2)c1C(F)(F)F. The van der Waals surface area contributed by atoms with Crippen molar-refractivity contribution in [2.45, 2.75) is 44.2 Å². The van der Waals surface area contributed by atoms with Gasteiger partial charge in [-0.25, -0.2) is 19.5 Å². The summed E-state index contributed by atoms with van der Waals surface area (Å²) in [4.78, 5) is 32.1. The number of pyridine rings is 1. The Bertz CT molecular complexity index is 1990. The lowest BCUT2D eigenvalue weighted by Gasteiger charge is -2.19. The number of aryl methyl sites for hydroxylation is 1. The van der Waals surface area contributed by atoms with Crippen molar-refractivity contribution in [1.82, 2.24) is 34.9 Å². The number of nitrogens with one attached hydrogen (secondary N) is 2. The van der Waals surface area contributed by atoms with Crippen LogP contribution in [-0.2, 0) is 18.9 Å². The summed E-state index contributed by atoms with van der Waals surface area (Å²) in [6.45, 7) is -0.117. The Balaban J connectivity index is 1.39. The van der Waals surface area contributed by atoms with E-state index in [-0.39, 0.29) is 41.5 Å². The minimum Gasteiger partial charge on any atom is -0.417 e. The lowest BCUT2D eigenvalue weighted by Crippen LogP contribution is -2.26. The van der Waals surface area contributed by atoms with Gasteiger partial charge in [-0.3, -0.25) is 9.59 Å². The number of aromatic nitrogens is 7. The molecule has 2 N–H and O–H groups in total. The Morgan fingerprint density at radius 2 is 1.65 bits per heavy atom. The van der Waals surface area contributed by atoms with Crippen LogP contribution in [0.3, 0.4) is 0 Å². The molecule has 0 aliphatic heterocycles. The second-order valence-electron chi connectivity index (χ2n) is 9.63. The number of H-pyrrole nitrogens is 1. The highest BCUT2D eigenvalue weighted by atomic mass is 19.4. The van der Waals surface area contributed by atoms with E-state index in [1.165, 1.54) is 18.3 Å². The number of fused-ring (bicyclic) bond motifs is 1. The molecule has 11 nitrogen and oxygen atoms in total. The maximum Gasteiger partial charge on any atom is 0.423 e. The summed E-state index contributed by atoms with van der Waals surface area (Å²) in [5, 5.41) is 14.1. The Morgan fingerprint density at radius 1 is 0.957 bits per heavy atom. The first kappa shape index (κ1) is 32.1. The third-order valence-electron chi connectivity index (χ3n) is 6.59. The molecule has 0 amide bonds. The summed E-state index contributed by atoms with van der Waals surface area (Å²) in [5.41, 5.74) is -6.11. The number of aromatic amines is 1. The number of benzene rings is 1. The van der Waals surface area contributed by atoms with Crippen LogP contribution < -0.4 is 16.4 Å². The van der Waals surface area contributed by atoms with Gasteiger partial charge in [0.25, 0.3) is 17.0 Å². The zero-order valence-electron chi connectivity index (χ0n) is 22.6. The minimum atomic E-state index is -5.13. The highest BCUT2D eigenvalue weighted by molar-refractivity contribution is 5.86. The van der Waals surface area contributed by atoms with Crippen LogP contribution in [0.2, 0.25) is 0 Å². The van der Waals surface area contributed by atoms with Gasteiger partial charge in [0.05, 0.1) is 28.4 Å². The highest BCUT2D eigenvalue weighted by Crippen LogP contribution is 2.34. The van der Waals surface area contributed by atoms with E-state index in [0.717, 1.165) is 10.6 Å². The molecular formula is C26H17F9N8O3. The van der Waals surface area contributed by atoms with Crippen molar-refractivity contribution in [2.24, 2.45) is 0 Å². The second kappa shape index (κ2) is 12.2. The number of alkyl halides is 8. The lowest BCUT2D eigenvalue weighted by atomic mass is 10.1. The van der Waals surface area contributed by atoms with Crippen LogP contribution in [0.4, 0.5) is 45.2 Å². The topological polar surface area (TPSA) is 144 Å². The zero-order chi connectivity index (χ0) is 33.4. The Hall–Kier alpha value is -5.30. The largest absolute Gasteiger partial charge is 0.423 e. The van der Waals surface area contributed by atoms with E-state index in [1.54, 1.807) is 5.10 Å².